The average molecular weight is 294 g/mol. The van der Waals surface area contributed by atoms with E-state index < -0.39 is 23.4 Å². The lowest BCUT2D eigenvalue weighted by Gasteiger charge is -2.39. The molecule has 1 aromatic rings. The fourth-order valence-electron chi connectivity index (χ4n) is 2.84. The van der Waals surface area contributed by atoms with Crippen molar-refractivity contribution >= 4 is 17.7 Å². The number of benzene rings is 1. The third kappa shape index (κ3) is 3.32. The first kappa shape index (κ1) is 15.3. The second-order valence-corrected chi connectivity index (χ2v) is 5.51. The molecule has 6 heteroatoms. The van der Waals surface area contributed by atoms with Crippen molar-refractivity contribution in [3.63, 3.8) is 0 Å². The van der Waals surface area contributed by atoms with Crippen LogP contribution in [0.3, 0.4) is 0 Å². The molecule has 2 amide bonds. The molecule has 0 bridgehead atoms. The Balaban J connectivity index is 2.10. The predicted octanol–water partition coefficient (Wildman–Crippen LogP) is 2.98. The fourth-order valence-corrected chi connectivity index (χ4v) is 2.84. The van der Waals surface area contributed by atoms with Crippen molar-refractivity contribution in [3.05, 3.63) is 30.1 Å². The molecule has 1 aromatic carbocycles. The molecule has 5 nitrogen and oxygen atoms in total. The summed E-state index contributed by atoms with van der Waals surface area (Å²) in [5, 5.41) is 14.6. The van der Waals surface area contributed by atoms with Crippen LogP contribution in [-0.4, -0.2) is 22.6 Å². The number of aliphatic carboxylic acids is 1. The molecule has 21 heavy (non-hydrogen) atoms. The van der Waals surface area contributed by atoms with Gasteiger partial charge in [0.05, 0.1) is 0 Å². The van der Waals surface area contributed by atoms with Crippen LogP contribution in [0.2, 0.25) is 0 Å². The maximum Gasteiger partial charge on any atom is 0.329 e. The molecule has 2 atom stereocenters. The summed E-state index contributed by atoms with van der Waals surface area (Å²) in [7, 11) is 0. The molecule has 1 saturated carbocycles. The van der Waals surface area contributed by atoms with Crippen molar-refractivity contribution in [2.75, 3.05) is 5.32 Å². The number of anilines is 1. The van der Waals surface area contributed by atoms with Crippen molar-refractivity contribution in [2.24, 2.45) is 5.92 Å². The van der Waals surface area contributed by atoms with Crippen LogP contribution in [-0.2, 0) is 4.79 Å². The summed E-state index contributed by atoms with van der Waals surface area (Å²) in [6.45, 7) is 1.83. The third-order valence-corrected chi connectivity index (χ3v) is 4.10. The van der Waals surface area contributed by atoms with E-state index in [0.717, 1.165) is 19.3 Å². The van der Waals surface area contributed by atoms with E-state index in [1.165, 1.54) is 18.2 Å². The third-order valence-electron chi connectivity index (χ3n) is 4.10. The zero-order valence-corrected chi connectivity index (χ0v) is 11.9. The van der Waals surface area contributed by atoms with Gasteiger partial charge in [0.15, 0.2) is 0 Å². The van der Waals surface area contributed by atoms with E-state index in [1.54, 1.807) is 6.07 Å². The minimum absolute atomic E-state index is 0.151. The van der Waals surface area contributed by atoms with Gasteiger partial charge in [0.2, 0.25) is 0 Å². The summed E-state index contributed by atoms with van der Waals surface area (Å²) in [4.78, 5) is 23.7. The summed E-state index contributed by atoms with van der Waals surface area (Å²) in [6, 6.07) is 4.83. The van der Waals surface area contributed by atoms with Gasteiger partial charge in [0, 0.05) is 5.69 Å². The Hall–Kier alpha value is -2.11. The van der Waals surface area contributed by atoms with Crippen molar-refractivity contribution in [1.82, 2.24) is 5.32 Å². The molecule has 0 spiro atoms. The summed E-state index contributed by atoms with van der Waals surface area (Å²) in [5.41, 5.74) is -0.966. The number of carboxylic acids is 1. The minimum Gasteiger partial charge on any atom is -0.479 e. The van der Waals surface area contributed by atoms with Gasteiger partial charge in [-0.3, -0.25) is 0 Å². The van der Waals surface area contributed by atoms with E-state index in [-0.39, 0.29) is 11.6 Å². The molecule has 1 aliphatic carbocycles. The van der Waals surface area contributed by atoms with E-state index in [9.17, 15) is 19.1 Å². The van der Waals surface area contributed by atoms with E-state index in [1.807, 2.05) is 6.92 Å². The first-order chi connectivity index (χ1) is 9.94. The van der Waals surface area contributed by atoms with Gasteiger partial charge in [-0.25, -0.2) is 14.0 Å². The number of amides is 2. The van der Waals surface area contributed by atoms with Gasteiger partial charge in [-0.1, -0.05) is 25.8 Å². The Morgan fingerprint density at radius 3 is 2.76 bits per heavy atom. The zero-order valence-electron chi connectivity index (χ0n) is 11.9. The lowest BCUT2D eigenvalue weighted by molar-refractivity contribution is -0.148. The molecule has 0 aromatic heterocycles. The van der Waals surface area contributed by atoms with Gasteiger partial charge in [-0.2, -0.15) is 0 Å². The summed E-state index contributed by atoms with van der Waals surface area (Å²) < 4.78 is 13.1. The normalized spacial score (nSPS) is 25.1. The minimum atomic E-state index is -1.25. The molecule has 1 fully saturated rings. The number of nitrogens with one attached hydrogen (secondary N) is 2. The second kappa shape index (κ2) is 6.11. The van der Waals surface area contributed by atoms with Gasteiger partial charge in [0.1, 0.15) is 11.4 Å². The fraction of sp³-hybridized carbons (Fsp3) is 0.467. The SMILES string of the molecule is CC1CCCCC1(NC(=O)Nc1cccc(F)c1)C(=O)O. The molecule has 0 aliphatic heterocycles. The van der Waals surface area contributed by atoms with E-state index in [0.29, 0.717) is 6.42 Å². The van der Waals surface area contributed by atoms with Gasteiger partial charge < -0.3 is 15.7 Å². The smallest absolute Gasteiger partial charge is 0.329 e. The van der Waals surface area contributed by atoms with Crippen LogP contribution in [0.15, 0.2) is 24.3 Å². The monoisotopic (exact) mass is 294 g/mol. The average Bonchev–Trinajstić information content (AvgIpc) is 2.41. The van der Waals surface area contributed by atoms with Crippen LogP contribution in [0.4, 0.5) is 14.9 Å². The summed E-state index contributed by atoms with van der Waals surface area (Å²) in [5.74, 6) is -1.64. The van der Waals surface area contributed by atoms with E-state index >= 15 is 0 Å². The largest absolute Gasteiger partial charge is 0.479 e. The van der Waals surface area contributed by atoms with Crippen molar-refractivity contribution in [1.29, 1.82) is 0 Å². The van der Waals surface area contributed by atoms with E-state index in [2.05, 4.69) is 10.6 Å². The quantitative estimate of drug-likeness (QED) is 0.802. The molecule has 3 N–H and O–H groups in total. The molecule has 2 rings (SSSR count). The number of halogens is 1. The van der Waals surface area contributed by atoms with Crippen LogP contribution in [0.5, 0.6) is 0 Å². The number of carboxylic acid groups (broad SMARTS) is 1. The number of carbonyl (C=O) groups excluding carboxylic acids is 1. The van der Waals surface area contributed by atoms with Crippen LogP contribution in [0, 0.1) is 11.7 Å². The molecule has 1 aliphatic rings. The highest BCUT2D eigenvalue weighted by molar-refractivity contribution is 5.94. The second-order valence-electron chi connectivity index (χ2n) is 5.51. The predicted molar refractivity (Wildman–Crippen MR) is 76.6 cm³/mol. The zero-order chi connectivity index (χ0) is 15.5. The van der Waals surface area contributed by atoms with Crippen LogP contribution < -0.4 is 10.6 Å². The Bertz CT molecular complexity index is 549. The topological polar surface area (TPSA) is 78.4 Å². The standard InChI is InChI=1S/C15H19FN2O3/c1-10-5-2-3-8-15(10,13(19)20)18-14(21)17-12-7-4-6-11(16)9-12/h4,6-7,9-10H,2-3,5,8H2,1H3,(H,19,20)(H2,17,18,21). The van der Waals surface area contributed by atoms with Gasteiger partial charge in [-0.05, 0) is 37.0 Å². The maximum absolute atomic E-state index is 13.1. The molecule has 2 unspecified atom stereocenters. The number of hydrogen-bond acceptors (Lipinski definition) is 2. The summed E-state index contributed by atoms with van der Waals surface area (Å²) >= 11 is 0. The van der Waals surface area contributed by atoms with Crippen molar-refractivity contribution in [3.8, 4) is 0 Å². The lowest BCUT2D eigenvalue weighted by atomic mass is 9.73. The maximum atomic E-state index is 13.1. The first-order valence-electron chi connectivity index (χ1n) is 7.02. The Kier molecular flexibility index (Phi) is 4.45. The van der Waals surface area contributed by atoms with Crippen molar-refractivity contribution in [2.45, 2.75) is 38.1 Å². The molecule has 0 radical (unpaired) electrons. The number of carbonyl (C=O) groups is 2. The van der Waals surface area contributed by atoms with Crippen LogP contribution >= 0.6 is 0 Å². The Labute approximate surface area is 122 Å². The molecular weight excluding hydrogens is 275 g/mol. The number of rotatable bonds is 3. The summed E-state index contributed by atoms with van der Waals surface area (Å²) in [6.07, 6.45) is 2.88. The Morgan fingerprint density at radius 1 is 1.38 bits per heavy atom. The first-order valence-corrected chi connectivity index (χ1v) is 7.02. The lowest BCUT2D eigenvalue weighted by Crippen LogP contribution is -2.60. The highest BCUT2D eigenvalue weighted by atomic mass is 19.1. The molecule has 114 valence electrons. The number of hydrogen-bond donors (Lipinski definition) is 3. The highest BCUT2D eigenvalue weighted by Crippen LogP contribution is 2.34. The van der Waals surface area contributed by atoms with E-state index in [4.69, 9.17) is 0 Å². The molecule has 0 saturated heterocycles. The Morgan fingerprint density at radius 2 is 2.14 bits per heavy atom. The molecule has 0 heterocycles. The highest BCUT2D eigenvalue weighted by Gasteiger charge is 2.46. The van der Waals surface area contributed by atoms with Crippen LogP contribution in [0.1, 0.15) is 32.6 Å². The van der Waals surface area contributed by atoms with Gasteiger partial charge in [-0.15, -0.1) is 0 Å². The van der Waals surface area contributed by atoms with Gasteiger partial charge >= 0.3 is 12.0 Å². The molecular formula is C15H19FN2O3. The number of urea groups is 1. The van der Waals surface area contributed by atoms with Crippen molar-refractivity contribution < 1.29 is 19.1 Å². The van der Waals surface area contributed by atoms with Crippen LogP contribution in [0.25, 0.3) is 0 Å². The van der Waals surface area contributed by atoms with Gasteiger partial charge in [0.25, 0.3) is 0 Å².